The van der Waals surface area contributed by atoms with E-state index in [1.165, 1.54) is 19.3 Å². The van der Waals surface area contributed by atoms with Crippen molar-refractivity contribution < 1.29 is 9.53 Å². The zero-order chi connectivity index (χ0) is 19.9. The van der Waals surface area contributed by atoms with Crippen LogP contribution in [0.25, 0.3) is 0 Å². The maximum absolute atomic E-state index is 12.9. The first-order valence-corrected chi connectivity index (χ1v) is 9.94. The van der Waals surface area contributed by atoms with Crippen LogP contribution in [0.3, 0.4) is 0 Å². The highest BCUT2D eigenvalue weighted by Gasteiger charge is 2.27. The van der Waals surface area contributed by atoms with Gasteiger partial charge in [-0.15, -0.1) is 0 Å². The molecule has 2 unspecified atom stereocenters. The summed E-state index contributed by atoms with van der Waals surface area (Å²) < 4.78 is 7.31. The Kier molecular flexibility index (Phi) is 7.06. The van der Waals surface area contributed by atoms with Crippen LogP contribution in [0.1, 0.15) is 42.5 Å². The smallest absolute Gasteiger partial charge is 0.241 e. The molecule has 3 rings (SSSR count). The van der Waals surface area contributed by atoms with Crippen molar-refractivity contribution in [1.82, 2.24) is 25.3 Å². The van der Waals surface area contributed by atoms with Crippen LogP contribution in [-0.2, 0) is 11.8 Å². The third kappa shape index (κ3) is 4.72. The third-order valence-electron chi connectivity index (χ3n) is 5.41. The summed E-state index contributed by atoms with van der Waals surface area (Å²) in [4.78, 5) is 15.4. The van der Waals surface area contributed by atoms with Gasteiger partial charge in [0.25, 0.3) is 0 Å². The number of aryl methyl sites for hydroxylation is 1. The molecule has 1 aromatic heterocycles. The van der Waals surface area contributed by atoms with E-state index in [1.54, 1.807) is 25.0 Å². The van der Waals surface area contributed by atoms with E-state index in [4.69, 9.17) is 4.74 Å². The van der Waals surface area contributed by atoms with Crippen LogP contribution in [0, 0.1) is 0 Å². The normalized spacial score (nSPS) is 17.1. The molecule has 2 N–H and O–H groups in total. The average molecular weight is 386 g/mol. The molecule has 0 aliphatic carbocycles. The Morgan fingerprint density at radius 2 is 2.00 bits per heavy atom. The standard InChI is InChI=1S/C21H31N5O2/c1-22-20(16-13-24-25(2)15-16)21(27)23-14-18(26-11-7-4-8-12-26)17-9-5-6-10-19(17)28-3/h5-6,9-10,13,15,18,20,22H,4,7-8,11-12,14H2,1-3H3,(H,23,27). The second-order valence-electron chi connectivity index (χ2n) is 7.27. The number of carbonyl (C=O) groups excluding carboxylic acids is 1. The summed E-state index contributed by atoms with van der Waals surface area (Å²) in [7, 11) is 5.34. The molecular formula is C21H31N5O2. The highest BCUT2D eigenvalue weighted by atomic mass is 16.5. The van der Waals surface area contributed by atoms with Gasteiger partial charge in [0.05, 0.1) is 19.3 Å². The number of rotatable bonds is 8. The number of hydrogen-bond acceptors (Lipinski definition) is 5. The maximum Gasteiger partial charge on any atom is 0.241 e. The molecule has 1 amide bonds. The van der Waals surface area contributed by atoms with Crippen LogP contribution in [-0.4, -0.2) is 54.4 Å². The number of benzene rings is 1. The summed E-state index contributed by atoms with van der Waals surface area (Å²) in [5.74, 6) is 0.817. The quantitative estimate of drug-likeness (QED) is 0.728. The Bertz CT molecular complexity index is 770. The van der Waals surface area contributed by atoms with Gasteiger partial charge in [-0.3, -0.25) is 14.4 Å². The monoisotopic (exact) mass is 385 g/mol. The van der Waals surface area contributed by atoms with Crippen LogP contribution in [0.15, 0.2) is 36.7 Å². The molecule has 1 aliphatic rings. The van der Waals surface area contributed by atoms with Gasteiger partial charge in [0.15, 0.2) is 0 Å². The van der Waals surface area contributed by atoms with Crippen LogP contribution in [0.5, 0.6) is 5.75 Å². The lowest BCUT2D eigenvalue weighted by Gasteiger charge is -2.35. The Balaban J connectivity index is 1.76. The predicted octanol–water partition coefficient (Wildman–Crippen LogP) is 2.03. The fourth-order valence-electron chi connectivity index (χ4n) is 3.95. The largest absolute Gasteiger partial charge is 0.496 e. The second-order valence-corrected chi connectivity index (χ2v) is 7.27. The minimum Gasteiger partial charge on any atom is -0.496 e. The van der Waals surface area contributed by atoms with Crippen molar-refractivity contribution in [3.63, 3.8) is 0 Å². The minimum atomic E-state index is -0.423. The number of nitrogens with zero attached hydrogens (tertiary/aromatic N) is 3. The molecule has 0 radical (unpaired) electrons. The number of hydrogen-bond donors (Lipinski definition) is 2. The molecule has 1 fully saturated rings. The van der Waals surface area contributed by atoms with Crippen molar-refractivity contribution in [2.75, 3.05) is 33.8 Å². The molecule has 2 atom stereocenters. The van der Waals surface area contributed by atoms with E-state index in [0.29, 0.717) is 6.54 Å². The lowest BCUT2D eigenvalue weighted by molar-refractivity contribution is -0.123. The third-order valence-corrected chi connectivity index (χ3v) is 5.41. The Morgan fingerprint density at radius 3 is 2.64 bits per heavy atom. The van der Waals surface area contributed by atoms with Crippen molar-refractivity contribution in [2.45, 2.75) is 31.3 Å². The molecule has 0 saturated carbocycles. The van der Waals surface area contributed by atoms with E-state index < -0.39 is 6.04 Å². The summed E-state index contributed by atoms with van der Waals surface area (Å²) in [6, 6.07) is 7.76. The van der Waals surface area contributed by atoms with Gasteiger partial charge in [0.1, 0.15) is 11.8 Å². The van der Waals surface area contributed by atoms with E-state index in [2.05, 4.69) is 26.7 Å². The van der Waals surface area contributed by atoms with Crippen molar-refractivity contribution in [1.29, 1.82) is 0 Å². The number of ether oxygens (including phenoxy) is 1. The molecule has 152 valence electrons. The molecule has 28 heavy (non-hydrogen) atoms. The number of likely N-dealkylation sites (tertiary alicyclic amines) is 1. The van der Waals surface area contributed by atoms with Crippen LogP contribution >= 0.6 is 0 Å². The molecule has 1 saturated heterocycles. The first-order chi connectivity index (χ1) is 13.6. The fourth-order valence-corrected chi connectivity index (χ4v) is 3.95. The number of nitrogens with one attached hydrogen (secondary N) is 2. The first kappa shape index (κ1) is 20.4. The predicted molar refractivity (Wildman–Crippen MR) is 109 cm³/mol. The summed E-state index contributed by atoms with van der Waals surface area (Å²) in [6.45, 7) is 2.62. The van der Waals surface area contributed by atoms with Gasteiger partial charge < -0.3 is 15.4 Å². The van der Waals surface area contributed by atoms with E-state index in [9.17, 15) is 4.79 Å². The van der Waals surface area contributed by atoms with Crippen LogP contribution < -0.4 is 15.4 Å². The van der Waals surface area contributed by atoms with Gasteiger partial charge >= 0.3 is 0 Å². The van der Waals surface area contributed by atoms with Crippen molar-refractivity contribution in [2.24, 2.45) is 7.05 Å². The number of amides is 1. The van der Waals surface area contributed by atoms with E-state index in [-0.39, 0.29) is 11.9 Å². The first-order valence-electron chi connectivity index (χ1n) is 9.94. The summed E-state index contributed by atoms with van der Waals surface area (Å²) in [6.07, 6.45) is 7.24. The van der Waals surface area contributed by atoms with Gasteiger partial charge in [0, 0.05) is 30.9 Å². The van der Waals surface area contributed by atoms with Crippen molar-refractivity contribution >= 4 is 5.91 Å². The minimum absolute atomic E-state index is 0.0487. The average Bonchev–Trinajstić information content (AvgIpc) is 3.15. The summed E-state index contributed by atoms with van der Waals surface area (Å²) in [5, 5.41) is 10.4. The molecule has 0 spiro atoms. The van der Waals surface area contributed by atoms with Crippen LogP contribution in [0.2, 0.25) is 0 Å². The molecule has 7 heteroatoms. The van der Waals surface area contributed by atoms with Gasteiger partial charge in [-0.25, -0.2) is 0 Å². The van der Waals surface area contributed by atoms with E-state index in [0.717, 1.165) is 30.0 Å². The summed E-state index contributed by atoms with van der Waals surface area (Å²) >= 11 is 0. The Morgan fingerprint density at radius 1 is 1.25 bits per heavy atom. The second kappa shape index (κ2) is 9.71. The molecular weight excluding hydrogens is 354 g/mol. The molecule has 0 bridgehead atoms. The van der Waals surface area contributed by atoms with Crippen LogP contribution in [0.4, 0.5) is 0 Å². The molecule has 7 nitrogen and oxygen atoms in total. The highest BCUT2D eigenvalue weighted by molar-refractivity contribution is 5.83. The lowest BCUT2D eigenvalue weighted by atomic mass is 10.00. The topological polar surface area (TPSA) is 71.4 Å². The van der Waals surface area contributed by atoms with Crippen molar-refractivity contribution in [3.8, 4) is 5.75 Å². The van der Waals surface area contributed by atoms with E-state index >= 15 is 0 Å². The fraction of sp³-hybridized carbons (Fsp3) is 0.524. The van der Waals surface area contributed by atoms with E-state index in [1.807, 2.05) is 31.4 Å². The number of carbonyl (C=O) groups is 1. The number of likely N-dealkylation sites (N-methyl/N-ethyl adjacent to an activating group) is 1. The zero-order valence-electron chi connectivity index (χ0n) is 17.0. The number of methoxy groups -OCH3 is 1. The Labute approximate surface area is 167 Å². The van der Waals surface area contributed by atoms with Crippen molar-refractivity contribution in [3.05, 3.63) is 47.8 Å². The zero-order valence-corrected chi connectivity index (χ0v) is 17.0. The van der Waals surface area contributed by atoms with Gasteiger partial charge in [-0.2, -0.15) is 5.10 Å². The Hall–Kier alpha value is -2.38. The molecule has 1 aliphatic heterocycles. The number of para-hydroxylation sites is 1. The molecule has 2 heterocycles. The van der Waals surface area contributed by atoms with Gasteiger partial charge in [-0.1, -0.05) is 24.6 Å². The lowest BCUT2D eigenvalue weighted by Crippen LogP contribution is -2.43. The molecule has 1 aromatic carbocycles. The molecule has 2 aromatic rings. The SMILES string of the molecule is CNC(C(=O)NCC(c1ccccc1OC)N1CCCCC1)c1cnn(C)c1. The highest BCUT2D eigenvalue weighted by Crippen LogP contribution is 2.31. The van der Waals surface area contributed by atoms with Gasteiger partial charge in [0.2, 0.25) is 5.91 Å². The number of aromatic nitrogens is 2. The summed E-state index contributed by atoms with van der Waals surface area (Å²) in [5.41, 5.74) is 1.98. The number of piperidine rings is 1. The maximum atomic E-state index is 12.9. The van der Waals surface area contributed by atoms with Gasteiger partial charge in [-0.05, 0) is 39.0 Å².